The fourth-order valence-corrected chi connectivity index (χ4v) is 1.56. The SMILES string of the molecule is CC(C)(C)c1cc(NC(=O)Oc2ccccc2)ncn1. The fourth-order valence-electron chi connectivity index (χ4n) is 1.56. The van der Waals surface area contributed by atoms with E-state index in [9.17, 15) is 4.79 Å². The largest absolute Gasteiger partial charge is 0.418 e. The molecule has 0 radical (unpaired) electrons. The maximum absolute atomic E-state index is 11.7. The zero-order valence-electron chi connectivity index (χ0n) is 11.8. The molecule has 0 atom stereocenters. The Balaban J connectivity index is 2.05. The lowest BCUT2D eigenvalue weighted by atomic mass is 9.92. The Labute approximate surface area is 118 Å². The Morgan fingerprint density at radius 3 is 2.50 bits per heavy atom. The van der Waals surface area contributed by atoms with Crippen molar-refractivity contribution in [2.45, 2.75) is 26.2 Å². The lowest BCUT2D eigenvalue weighted by Gasteiger charge is -2.17. The summed E-state index contributed by atoms with van der Waals surface area (Å²) in [5.74, 6) is 0.904. The van der Waals surface area contributed by atoms with Gasteiger partial charge in [-0.25, -0.2) is 14.8 Å². The molecular weight excluding hydrogens is 254 g/mol. The molecule has 2 aromatic rings. The van der Waals surface area contributed by atoms with Crippen LogP contribution in [0, 0.1) is 0 Å². The van der Waals surface area contributed by atoms with E-state index in [1.165, 1.54) is 6.33 Å². The number of para-hydroxylation sites is 1. The van der Waals surface area contributed by atoms with Crippen LogP contribution in [0.5, 0.6) is 5.75 Å². The zero-order valence-corrected chi connectivity index (χ0v) is 11.8. The number of ether oxygens (including phenoxy) is 1. The molecule has 0 bridgehead atoms. The van der Waals surface area contributed by atoms with Gasteiger partial charge in [-0.3, -0.25) is 5.32 Å². The van der Waals surface area contributed by atoms with E-state index in [0.29, 0.717) is 11.6 Å². The van der Waals surface area contributed by atoms with Gasteiger partial charge in [0.05, 0.1) is 5.69 Å². The second kappa shape index (κ2) is 5.69. The van der Waals surface area contributed by atoms with E-state index in [2.05, 4.69) is 15.3 Å². The van der Waals surface area contributed by atoms with Gasteiger partial charge in [0.15, 0.2) is 0 Å². The third kappa shape index (κ3) is 3.78. The van der Waals surface area contributed by atoms with Crippen LogP contribution in [0.3, 0.4) is 0 Å². The van der Waals surface area contributed by atoms with Gasteiger partial charge < -0.3 is 4.74 Å². The van der Waals surface area contributed by atoms with E-state index in [4.69, 9.17) is 4.74 Å². The van der Waals surface area contributed by atoms with Crippen molar-refractivity contribution in [2.75, 3.05) is 5.32 Å². The number of aromatic nitrogens is 2. The maximum atomic E-state index is 11.7. The quantitative estimate of drug-likeness (QED) is 0.909. The summed E-state index contributed by atoms with van der Waals surface area (Å²) in [5.41, 5.74) is 0.741. The molecule has 0 aliphatic rings. The molecule has 0 saturated heterocycles. The number of carbonyl (C=O) groups excluding carboxylic acids is 1. The highest BCUT2D eigenvalue weighted by Gasteiger charge is 2.16. The number of rotatable bonds is 2. The average molecular weight is 271 g/mol. The topological polar surface area (TPSA) is 64.1 Å². The van der Waals surface area contributed by atoms with Gasteiger partial charge in [-0.2, -0.15) is 0 Å². The number of hydrogen-bond acceptors (Lipinski definition) is 4. The van der Waals surface area contributed by atoms with Gasteiger partial charge in [0.25, 0.3) is 0 Å². The van der Waals surface area contributed by atoms with Crippen LogP contribution in [0.4, 0.5) is 10.6 Å². The minimum Gasteiger partial charge on any atom is -0.410 e. The highest BCUT2D eigenvalue weighted by molar-refractivity contribution is 5.85. The van der Waals surface area contributed by atoms with Crippen LogP contribution in [0.15, 0.2) is 42.7 Å². The van der Waals surface area contributed by atoms with Crippen LogP contribution in [-0.4, -0.2) is 16.1 Å². The van der Waals surface area contributed by atoms with Crippen LogP contribution in [0.1, 0.15) is 26.5 Å². The van der Waals surface area contributed by atoms with Crippen molar-refractivity contribution < 1.29 is 9.53 Å². The maximum Gasteiger partial charge on any atom is 0.418 e. The summed E-state index contributed by atoms with van der Waals surface area (Å²) < 4.78 is 5.13. The summed E-state index contributed by atoms with van der Waals surface area (Å²) in [4.78, 5) is 20.0. The lowest BCUT2D eigenvalue weighted by molar-refractivity contribution is 0.215. The molecule has 20 heavy (non-hydrogen) atoms. The summed E-state index contributed by atoms with van der Waals surface area (Å²) in [7, 11) is 0. The predicted molar refractivity (Wildman–Crippen MR) is 76.8 cm³/mol. The van der Waals surface area contributed by atoms with Gasteiger partial charge in [-0.1, -0.05) is 39.0 Å². The van der Waals surface area contributed by atoms with Gasteiger partial charge in [0.1, 0.15) is 17.9 Å². The van der Waals surface area contributed by atoms with Crippen molar-refractivity contribution in [2.24, 2.45) is 0 Å². The van der Waals surface area contributed by atoms with Crippen LogP contribution < -0.4 is 10.1 Å². The second-order valence-corrected chi connectivity index (χ2v) is 5.37. The summed E-state index contributed by atoms with van der Waals surface area (Å²) in [5, 5.41) is 2.59. The third-order valence-electron chi connectivity index (χ3n) is 2.62. The van der Waals surface area contributed by atoms with Crippen molar-refractivity contribution in [3.8, 4) is 5.75 Å². The molecule has 1 aromatic heterocycles. The van der Waals surface area contributed by atoms with E-state index in [0.717, 1.165) is 5.69 Å². The van der Waals surface area contributed by atoms with Gasteiger partial charge in [0, 0.05) is 11.5 Å². The number of hydrogen-bond donors (Lipinski definition) is 1. The van der Waals surface area contributed by atoms with Crippen molar-refractivity contribution in [3.05, 3.63) is 48.4 Å². The molecule has 1 heterocycles. The molecule has 5 nitrogen and oxygen atoms in total. The lowest BCUT2D eigenvalue weighted by Crippen LogP contribution is -2.19. The number of nitrogens with zero attached hydrogens (tertiary/aromatic N) is 2. The summed E-state index contributed by atoms with van der Waals surface area (Å²) >= 11 is 0. The molecule has 0 aliphatic carbocycles. The fraction of sp³-hybridized carbons (Fsp3) is 0.267. The first kappa shape index (κ1) is 14.0. The normalized spacial score (nSPS) is 10.9. The summed E-state index contributed by atoms with van der Waals surface area (Å²) in [6.07, 6.45) is 0.855. The minimum absolute atomic E-state index is 0.108. The van der Waals surface area contributed by atoms with Crippen LogP contribution in [0.25, 0.3) is 0 Å². The van der Waals surface area contributed by atoms with Gasteiger partial charge >= 0.3 is 6.09 Å². The zero-order chi connectivity index (χ0) is 14.6. The molecule has 1 N–H and O–H groups in total. The Bertz CT molecular complexity index is 592. The molecular formula is C15H17N3O2. The van der Waals surface area contributed by atoms with E-state index < -0.39 is 6.09 Å². The molecule has 0 fully saturated rings. The smallest absolute Gasteiger partial charge is 0.410 e. The number of anilines is 1. The Morgan fingerprint density at radius 1 is 1.15 bits per heavy atom. The highest BCUT2D eigenvalue weighted by atomic mass is 16.6. The van der Waals surface area contributed by atoms with Crippen LogP contribution >= 0.6 is 0 Å². The standard InChI is InChI=1S/C15H17N3O2/c1-15(2,3)12-9-13(17-10-16-12)18-14(19)20-11-7-5-4-6-8-11/h4-10H,1-3H3,(H,16,17,18,19). The van der Waals surface area contributed by atoms with Crippen molar-refractivity contribution in [3.63, 3.8) is 0 Å². The van der Waals surface area contributed by atoms with E-state index >= 15 is 0 Å². The van der Waals surface area contributed by atoms with Crippen molar-refractivity contribution in [1.82, 2.24) is 9.97 Å². The Kier molecular flexibility index (Phi) is 3.98. The number of nitrogens with one attached hydrogen (secondary N) is 1. The summed E-state index contributed by atoms with van der Waals surface area (Å²) in [6, 6.07) is 10.6. The number of amides is 1. The van der Waals surface area contributed by atoms with Gasteiger partial charge in [-0.15, -0.1) is 0 Å². The van der Waals surface area contributed by atoms with E-state index in [1.807, 2.05) is 26.8 Å². The number of benzene rings is 1. The molecule has 0 unspecified atom stereocenters. The first-order valence-corrected chi connectivity index (χ1v) is 6.31. The monoisotopic (exact) mass is 271 g/mol. The molecule has 104 valence electrons. The van der Waals surface area contributed by atoms with E-state index in [-0.39, 0.29) is 5.41 Å². The minimum atomic E-state index is -0.574. The van der Waals surface area contributed by atoms with Crippen molar-refractivity contribution in [1.29, 1.82) is 0 Å². The Hall–Kier alpha value is -2.43. The first-order valence-electron chi connectivity index (χ1n) is 6.31. The predicted octanol–water partition coefficient (Wildman–Crippen LogP) is 3.39. The molecule has 0 saturated carbocycles. The molecule has 0 spiro atoms. The highest BCUT2D eigenvalue weighted by Crippen LogP contribution is 2.21. The second-order valence-electron chi connectivity index (χ2n) is 5.37. The number of carbonyl (C=O) groups is 1. The molecule has 0 aliphatic heterocycles. The van der Waals surface area contributed by atoms with Gasteiger partial charge in [-0.05, 0) is 12.1 Å². The molecule has 1 amide bonds. The van der Waals surface area contributed by atoms with E-state index in [1.54, 1.807) is 30.3 Å². The van der Waals surface area contributed by atoms with Crippen LogP contribution in [-0.2, 0) is 5.41 Å². The van der Waals surface area contributed by atoms with Crippen molar-refractivity contribution >= 4 is 11.9 Å². The molecule has 2 rings (SSSR count). The molecule has 1 aromatic carbocycles. The summed E-state index contributed by atoms with van der Waals surface area (Å²) in [6.45, 7) is 6.13. The average Bonchev–Trinajstić information content (AvgIpc) is 2.39. The van der Waals surface area contributed by atoms with Crippen LogP contribution in [0.2, 0.25) is 0 Å². The third-order valence-corrected chi connectivity index (χ3v) is 2.62. The van der Waals surface area contributed by atoms with Gasteiger partial charge in [0.2, 0.25) is 0 Å². The Morgan fingerprint density at radius 2 is 1.85 bits per heavy atom. The first-order chi connectivity index (χ1) is 9.45. The molecule has 5 heteroatoms.